The number of methoxy groups -OCH3 is 1. The van der Waals surface area contributed by atoms with Crippen LogP contribution in [0.2, 0.25) is 0 Å². The number of tetrazole rings is 1. The number of aryl methyl sites for hydroxylation is 3. The Labute approximate surface area is 215 Å². The number of rotatable bonds is 10. The van der Waals surface area contributed by atoms with Gasteiger partial charge in [0.1, 0.15) is 5.75 Å². The van der Waals surface area contributed by atoms with Gasteiger partial charge in [0.15, 0.2) is 18.1 Å². The zero-order chi connectivity index (χ0) is 26.4. The third kappa shape index (κ3) is 6.00. The highest BCUT2D eigenvalue weighted by molar-refractivity contribution is 6.16. The van der Waals surface area contributed by atoms with Gasteiger partial charge in [0.25, 0.3) is 0 Å². The number of ketones is 1. The fraction of sp³-hybridized carbons (Fsp3) is 0.250. The van der Waals surface area contributed by atoms with Crippen molar-refractivity contribution >= 4 is 23.5 Å². The van der Waals surface area contributed by atoms with Crippen molar-refractivity contribution in [1.29, 1.82) is 0 Å². The van der Waals surface area contributed by atoms with E-state index in [9.17, 15) is 9.59 Å². The molecule has 4 aromatic rings. The molecule has 0 bridgehead atoms. The van der Waals surface area contributed by atoms with E-state index in [1.807, 2.05) is 74.5 Å². The molecule has 0 aliphatic heterocycles. The van der Waals surface area contributed by atoms with Gasteiger partial charge in [-0.3, -0.25) is 4.79 Å². The lowest BCUT2D eigenvalue weighted by Gasteiger charge is -2.11. The van der Waals surface area contributed by atoms with Gasteiger partial charge < -0.3 is 14.0 Å². The normalized spacial score (nSPS) is 11.4. The predicted octanol–water partition coefficient (Wildman–Crippen LogP) is 4.08. The molecule has 0 spiro atoms. The van der Waals surface area contributed by atoms with Crippen molar-refractivity contribution < 1.29 is 19.1 Å². The molecule has 0 radical (unpaired) electrons. The molecular formula is C28H29N5O4. The highest BCUT2D eigenvalue weighted by atomic mass is 16.5. The maximum absolute atomic E-state index is 13.0. The van der Waals surface area contributed by atoms with Crippen LogP contribution in [0.5, 0.6) is 5.75 Å². The Morgan fingerprint density at radius 1 is 1.00 bits per heavy atom. The number of esters is 1. The summed E-state index contributed by atoms with van der Waals surface area (Å²) in [6.07, 6.45) is 2.43. The Hall–Kier alpha value is -4.53. The SMILES string of the molecule is COc1ccc(CCn2c(C)cc(C(=O)COC(=O)C(=Cc3ccccc3)n3nnnc3C)c2C)cc1. The molecule has 2 aromatic carbocycles. The first-order valence-electron chi connectivity index (χ1n) is 11.9. The molecule has 37 heavy (non-hydrogen) atoms. The predicted molar refractivity (Wildman–Crippen MR) is 139 cm³/mol. The van der Waals surface area contributed by atoms with Crippen LogP contribution in [-0.2, 0) is 22.5 Å². The lowest BCUT2D eigenvalue weighted by atomic mass is 10.1. The highest BCUT2D eigenvalue weighted by Gasteiger charge is 2.21. The van der Waals surface area contributed by atoms with E-state index < -0.39 is 12.6 Å². The van der Waals surface area contributed by atoms with Gasteiger partial charge in [0.05, 0.1) is 7.11 Å². The van der Waals surface area contributed by atoms with Gasteiger partial charge in [-0.1, -0.05) is 42.5 Å². The van der Waals surface area contributed by atoms with Crippen LogP contribution in [0.3, 0.4) is 0 Å². The summed E-state index contributed by atoms with van der Waals surface area (Å²) in [5.74, 6) is 0.271. The lowest BCUT2D eigenvalue weighted by Crippen LogP contribution is -2.19. The summed E-state index contributed by atoms with van der Waals surface area (Å²) in [5, 5.41) is 11.4. The number of hydrogen-bond acceptors (Lipinski definition) is 7. The van der Waals surface area contributed by atoms with Gasteiger partial charge in [0.2, 0.25) is 5.78 Å². The molecule has 4 rings (SSSR count). The maximum Gasteiger partial charge on any atom is 0.357 e. The van der Waals surface area contributed by atoms with Gasteiger partial charge in [-0.25, -0.2) is 4.79 Å². The van der Waals surface area contributed by atoms with Gasteiger partial charge in [-0.2, -0.15) is 4.68 Å². The van der Waals surface area contributed by atoms with Crippen LogP contribution in [0.15, 0.2) is 60.7 Å². The fourth-order valence-electron chi connectivity index (χ4n) is 4.11. The molecule has 2 heterocycles. The van der Waals surface area contributed by atoms with E-state index in [2.05, 4.69) is 20.1 Å². The summed E-state index contributed by atoms with van der Waals surface area (Å²) in [6.45, 7) is 5.87. The Kier molecular flexibility index (Phi) is 7.92. The average molecular weight is 500 g/mol. The Balaban J connectivity index is 1.45. The van der Waals surface area contributed by atoms with Crippen LogP contribution in [0.4, 0.5) is 0 Å². The maximum atomic E-state index is 13.0. The van der Waals surface area contributed by atoms with E-state index in [1.54, 1.807) is 20.1 Å². The number of carbonyl (C=O) groups excluding carboxylic acids is 2. The van der Waals surface area contributed by atoms with E-state index in [0.29, 0.717) is 11.4 Å². The van der Waals surface area contributed by atoms with Crippen LogP contribution in [0.1, 0.15) is 38.7 Å². The molecule has 0 atom stereocenters. The Bertz CT molecular complexity index is 1420. The number of ether oxygens (including phenoxy) is 2. The molecule has 0 fully saturated rings. The van der Waals surface area contributed by atoms with E-state index in [0.717, 1.165) is 35.7 Å². The second kappa shape index (κ2) is 11.5. The van der Waals surface area contributed by atoms with Crippen LogP contribution in [-0.4, -0.2) is 50.2 Å². The quantitative estimate of drug-likeness (QED) is 0.184. The van der Waals surface area contributed by atoms with Gasteiger partial charge in [-0.05, 0) is 73.0 Å². The smallest absolute Gasteiger partial charge is 0.357 e. The summed E-state index contributed by atoms with van der Waals surface area (Å²) in [4.78, 5) is 26.1. The second-order valence-corrected chi connectivity index (χ2v) is 8.61. The van der Waals surface area contributed by atoms with Crippen molar-refractivity contribution in [3.05, 3.63) is 94.6 Å². The molecular weight excluding hydrogens is 470 g/mol. The van der Waals surface area contributed by atoms with Crippen molar-refractivity contribution in [2.45, 2.75) is 33.7 Å². The van der Waals surface area contributed by atoms with Crippen molar-refractivity contribution in [3.63, 3.8) is 0 Å². The molecule has 190 valence electrons. The molecule has 0 amide bonds. The molecule has 0 saturated carbocycles. The van der Waals surface area contributed by atoms with E-state index >= 15 is 0 Å². The standard InChI is InChI=1S/C28H29N5O4/c1-19-16-25(20(2)32(19)15-14-22-10-12-24(36-4)13-11-22)27(34)18-37-28(35)26(33-21(3)29-30-31-33)17-23-8-6-5-7-9-23/h5-13,16-17H,14-15,18H2,1-4H3. The second-order valence-electron chi connectivity index (χ2n) is 8.61. The third-order valence-corrected chi connectivity index (χ3v) is 6.16. The lowest BCUT2D eigenvalue weighted by molar-refractivity contribution is -0.136. The minimum absolute atomic E-state index is 0.117. The van der Waals surface area contributed by atoms with Gasteiger partial charge in [0, 0.05) is 23.5 Å². The minimum atomic E-state index is -0.694. The van der Waals surface area contributed by atoms with Crippen LogP contribution < -0.4 is 4.74 Å². The van der Waals surface area contributed by atoms with Crippen LogP contribution in [0, 0.1) is 20.8 Å². The largest absolute Gasteiger partial charge is 0.497 e. The molecule has 0 unspecified atom stereocenters. The van der Waals surface area contributed by atoms with E-state index in [-0.39, 0.29) is 11.5 Å². The molecule has 9 nitrogen and oxygen atoms in total. The molecule has 9 heteroatoms. The highest BCUT2D eigenvalue weighted by Crippen LogP contribution is 2.19. The Morgan fingerprint density at radius 3 is 2.38 bits per heavy atom. The van der Waals surface area contributed by atoms with Crippen molar-refractivity contribution in [1.82, 2.24) is 24.8 Å². The number of nitrogens with zero attached hydrogens (tertiary/aromatic N) is 5. The molecule has 0 N–H and O–H groups in total. The number of carbonyl (C=O) groups is 2. The monoisotopic (exact) mass is 499 g/mol. The van der Waals surface area contributed by atoms with Crippen LogP contribution >= 0.6 is 0 Å². The fourth-order valence-corrected chi connectivity index (χ4v) is 4.11. The molecule has 0 saturated heterocycles. The summed E-state index contributed by atoms with van der Waals surface area (Å²) >= 11 is 0. The van der Waals surface area contributed by atoms with Crippen molar-refractivity contribution in [2.24, 2.45) is 0 Å². The van der Waals surface area contributed by atoms with Crippen LogP contribution in [0.25, 0.3) is 11.8 Å². The number of aromatic nitrogens is 5. The van der Waals surface area contributed by atoms with E-state index in [1.165, 1.54) is 10.2 Å². The Morgan fingerprint density at radius 2 is 1.73 bits per heavy atom. The molecule has 0 aliphatic carbocycles. The summed E-state index contributed by atoms with van der Waals surface area (Å²) < 4.78 is 14.0. The molecule has 0 aliphatic rings. The number of Topliss-reactive ketones (excluding diaryl/α,β-unsaturated/α-hetero) is 1. The minimum Gasteiger partial charge on any atom is -0.497 e. The first-order valence-corrected chi connectivity index (χ1v) is 11.9. The zero-order valence-electron chi connectivity index (χ0n) is 21.3. The number of hydrogen-bond donors (Lipinski definition) is 0. The first-order chi connectivity index (χ1) is 17.9. The zero-order valence-corrected chi connectivity index (χ0v) is 21.3. The summed E-state index contributed by atoms with van der Waals surface area (Å²) in [5.41, 5.74) is 4.40. The van der Waals surface area contributed by atoms with Gasteiger partial charge >= 0.3 is 5.97 Å². The summed E-state index contributed by atoms with van der Waals surface area (Å²) in [7, 11) is 1.64. The topological polar surface area (TPSA) is 101 Å². The molecule has 2 aromatic heterocycles. The first kappa shape index (κ1) is 25.6. The van der Waals surface area contributed by atoms with E-state index in [4.69, 9.17) is 9.47 Å². The average Bonchev–Trinajstić information content (AvgIpc) is 3.47. The van der Waals surface area contributed by atoms with Crippen molar-refractivity contribution in [2.75, 3.05) is 13.7 Å². The van der Waals surface area contributed by atoms with Gasteiger partial charge in [-0.15, -0.1) is 5.10 Å². The summed E-state index contributed by atoms with van der Waals surface area (Å²) in [6, 6.07) is 19.1. The number of benzene rings is 2. The third-order valence-electron chi connectivity index (χ3n) is 6.16. The van der Waals surface area contributed by atoms with Crippen molar-refractivity contribution in [3.8, 4) is 5.75 Å².